The number of nitrogens with zero attached hydrogens (tertiary/aromatic N) is 1. The van der Waals surface area contributed by atoms with E-state index in [4.69, 9.17) is 0 Å². The molecule has 0 saturated heterocycles. The van der Waals surface area contributed by atoms with Crippen molar-refractivity contribution in [2.75, 3.05) is 14.1 Å². The van der Waals surface area contributed by atoms with E-state index < -0.39 is 5.54 Å². The lowest BCUT2D eigenvalue weighted by atomic mass is 9.77. The Morgan fingerprint density at radius 2 is 1.11 bits per heavy atom. The van der Waals surface area contributed by atoms with Gasteiger partial charge in [0.25, 0.3) is 0 Å². The van der Waals surface area contributed by atoms with Gasteiger partial charge in [0.05, 0.1) is 16.6 Å². The summed E-state index contributed by atoms with van der Waals surface area (Å²) in [5.41, 5.74) is 16.9. The summed E-state index contributed by atoms with van der Waals surface area (Å²) in [7, 11) is 3.56. The van der Waals surface area contributed by atoms with Gasteiger partial charge in [0.15, 0.2) is 0 Å². The van der Waals surface area contributed by atoms with Crippen molar-refractivity contribution in [2.24, 2.45) is 5.73 Å². The Balaban J connectivity index is 0.000000860. The van der Waals surface area contributed by atoms with E-state index in [-0.39, 0.29) is 0 Å². The quantitative estimate of drug-likeness (QED) is 0.197. The van der Waals surface area contributed by atoms with Gasteiger partial charge in [-0.25, -0.2) is 0 Å². The molecular formula is C42H41N3. The highest BCUT2D eigenvalue weighted by Crippen LogP contribution is 2.44. The van der Waals surface area contributed by atoms with Crippen LogP contribution in [0.1, 0.15) is 41.7 Å². The predicted octanol–water partition coefficient (Wildman–Crippen LogP) is 9.47. The van der Waals surface area contributed by atoms with Crippen LogP contribution < -0.4 is 11.1 Å². The fourth-order valence-corrected chi connectivity index (χ4v) is 7.14. The third-order valence-corrected chi connectivity index (χ3v) is 8.97. The molecule has 0 spiro atoms. The molecule has 0 bridgehead atoms. The first-order valence-electron chi connectivity index (χ1n) is 15.9. The summed E-state index contributed by atoms with van der Waals surface area (Å²) in [5.74, 6) is 0. The number of para-hydroxylation sites is 1. The molecule has 0 fully saturated rings. The Morgan fingerprint density at radius 3 is 1.76 bits per heavy atom. The van der Waals surface area contributed by atoms with Crippen molar-refractivity contribution in [3.8, 4) is 16.8 Å². The third-order valence-electron chi connectivity index (χ3n) is 8.97. The van der Waals surface area contributed by atoms with Crippen molar-refractivity contribution in [3.05, 3.63) is 173 Å². The monoisotopic (exact) mass is 587 g/mol. The van der Waals surface area contributed by atoms with Crippen LogP contribution in [0.3, 0.4) is 0 Å². The van der Waals surface area contributed by atoms with Gasteiger partial charge in [-0.1, -0.05) is 135 Å². The minimum absolute atomic E-state index is 0.464. The molecule has 3 N–H and O–H groups in total. The Labute approximate surface area is 267 Å². The maximum absolute atomic E-state index is 4.50. The second-order valence-electron chi connectivity index (χ2n) is 11.0. The molecule has 1 aromatic heterocycles. The molecule has 0 aliphatic heterocycles. The average molecular weight is 588 g/mol. The highest BCUT2D eigenvalue weighted by atomic mass is 15.0. The molecule has 1 aliphatic rings. The lowest BCUT2D eigenvalue weighted by molar-refractivity contribution is 0.525. The number of nitrogens with two attached hydrogens (primary N) is 1. The number of benzene rings is 6. The largest absolute Gasteiger partial charge is 0.333 e. The van der Waals surface area contributed by atoms with Gasteiger partial charge < -0.3 is 15.6 Å². The molecular weight excluding hydrogens is 546 g/mol. The molecule has 3 heteroatoms. The van der Waals surface area contributed by atoms with E-state index in [1.165, 1.54) is 73.5 Å². The van der Waals surface area contributed by atoms with Gasteiger partial charge in [-0.3, -0.25) is 0 Å². The molecule has 6 aromatic carbocycles. The smallest absolute Gasteiger partial charge is 0.0945 e. The summed E-state index contributed by atoms with van der Waals surface area (Å²) in [6.45, 7) is 4.00. The van der Waals surface area contributed by atoms with Crippen LogP contribution in [0, 0.1) is 0 Å². The van der Waals surface area contributed by atoms with Crippen LogP contribution >= 0.6 is 0 Å². The van der Waals surface area contributed by atoms with Crippen molar-refractivity contribution < 1.29 is 0 Å². The van der Waals surface area contributed by atoms with Crippen LogP contribution in [0.15, 0.2) is 146 Å². The highest BCUT2D eigenvalue weighted by molar-refractivity contribution is 6.13. The van der Waals surface area contributed by atoms with E-state index in [9.17, 15) is 0 Å². The normalized spacial score (nSPS) is 11.7. The van der Waals surface area contributed by atoms with Crippen LogP contribution in [0.5, 0.6) is 0 Å². The molecule has 0 unspecified atom stereocenters. The zero-order valence-corrected chi connectivity index (χ0v) is 26.6. The molecule has 3 nitrogen and oxygen atoms in total. The lowest BCUT2D eigenvalue weighted by Crippen LogP contribution is -2.42. The predicted molar refractivity (Wildman–Crippen MR) is 192 cm³/mol. The van der Waals surface area contributed by atoms with E-state index in [2.05, 4.69) is 168 Å². The summed E-state index contributed by atoms with van der Waals surface area (Å²) in [6, 6.07) is 52.9. The van der Waals surface area contributed by atoms with Crippen LogP contribution in [0.25, 0.3) is 38.6 Å². The zero-order valence-electron chi connectivity index (χ0n) is 26.6. The Kier molecular flexibility index (Phi) is 8.66. The standard InChI is InChI=1S/C39H30N2.C2H6.CH5N/c1-40-39(28-13-4-2-5-14-28,29-15-6-3-7-16-29)30-20-22-31(23-21-30)41-36-19-11-10-18-34(36)38-35-26-27-12-8-9-17-32(27)33(35)24-25-37(38)41;2*1-2/h2-25,40H,26H2,1H3;1-2H3;2H2,1H3. The van der Waals surface area contributed by atoms with Crippen molar-refractivity contribution >= 4 is 21.8 Å². The summed E-state index contributed by atoms with van der Waals surface area (Å²) < 4.78 is 2.43. The summed E-state index contributed by atoms with van der Waals surface area (Å²) >= 11 is 0. The zero-order chi connectivity index (χ0) is 31.4. The summed E-state index contributed by atoms with van der Waals surface area (Å²) in [6.07, 6.45) is 0.981. The molecule has 45 heavy (non-hydrogen) atoms. The van der Waals surface area contributed by atoms with E-state index >= 15 is 0 Å². The summed E-state index contributed by atoms with van der Waals surface area (Å²) in [4.78, 5) is 0. The molecule has 224 valence electrons. The second kappa shape index (κ2) is 13.0. The number of hydrogen-bond acceptors (Lipinski definition) is 2. The second-order valence-corrected chi connectivity index (χ2v) is 11.0. The molecule has 0 saturated carbocycles. The van der Waals surface area contributed by atoms with Crippen molar-refractivity contribution in [1.82, 2.24) is 9.88 Å². The average Bonchev–Trinajstić information content (AvgIpc) is 3.68. The number of hydrogen-bond donors (Lipinski definition) is 2. The maximum Gasteiger partial charge on any atom is 0.0945 e. The van der Waals surface area contributed by atoms with E-state index in [1.807, 2.05) is 13.8 Å². The molecule has 0 amide bonds. The first-order chi connectivity index (χ1) is 22.3. The molecule has 7 aromatic rings. The topological polar surface area (TPSA) is 43.0 Å². The van der Waals surface area contributed by atoms with Gasteiger partial charge in [-0.15, -0.1) is 0 Å². The molecule has 0 radical (unpaired) electrons. The Bertz CT molecular complexity index is 2000. The lowest BCUT2D eigenvalue weighted by Gasteiger charge is -2.36. The minimum Gasteiger partial charge on any atom is -0.333 e. The van der Waals surface area contributed by atoms with Crippen LogP contribution in [0.4, 0.5) is 0 Å². The number of nitrogens with one attached hydrogen (secondary N) is 1. The van der Waals surface area contributed by atoms with Crippen molar-refractivity contribution in [3.63, 3.8) is 0 Å². The van der Waals surface area contributed by atoms with Gasteiger partial charge in [0.2, 0.25) is 0 Å². The fourth-order valence-electron chi connectivity index (χ4n) is 7.14. The number of rotatable bonds is 5. The number of fused-ring (bicyclic) bond motifs is 7. The van der Waals surface area contributed by atoms with Crippen LogP contribution in [0.2, 0.25) is 0 Å². The van der Waals surface area contributed by atoms with Gasteiger partial charge in [0.1, 0.15) is 0 Å². The Hall–Kier alpha value is -4.96. The van der Waals surface area contributed by atoms with E-state index in [1.54, 1.807) is 0 Å². The van der Waals surface area contributed by atoms with E-state index in [0.29, 0.717) is 0 Å². The Morgan fingerprint density at radius 1 is 0.556 bits per heavy atom. The molecule has 1 aliphatic carbocycles. The minimum atomic E-state index is -0.464. The van der Waals surface area contributed by atoms with Gasteiger partial charge >= 0.3 is 0 Å². The van der Waals surface area contributed by atoms with Gasteiger partial charge in [-0.2, -0.15) is 0 Å². The fraction of sp³-hybridized carbons (Fsp3) is 0.143. The van der Waals surface area contributed by atoms with Gasteiger partial charge in [-0.05, 0) is 83.7 Å². The SMILES string of the molecule is CC.CN.CNC(c1ccccc1)(c1ccccc1)c1ccc(-n2c3ccccc3c3c4c(ccc32)-c2ccccc2C4)cc1. The summed E-state index contributed by atoms with van der Waals surface area (Å²) in [5, 5.41) is 6.39. The highest BCUT2D eigenvalue weighted by Gasteiger charge is 2.34. The van der Waals surface area contributed by atoms with Crippen molar-refractivity contribution in [1.29, 1.82) is 0 Å². The first-order valence-corrected chi connectivity index (χ1v) is 15.9. The maximum atomic E-state index is 4.50. The third kappa shape index (κ3) is 4.85. The van der Waals surface area contributed by atoms with Crippen LogP contribution in [-0.2, 0) is 12.0 Å². The van der Waals surface area contributed by atoms with E-state index in [0.717, 1.165) is 6.42 Å². The van der Waals surface area contributed by atoms with Gasteiger partial charge in [0, 0.05) is 16.5 Å². The molecule has 8 rings (SSSR count). The molecule has 1 heterocycles. The van der Waals surface area contributed by atoms with Crippen molar-refractivity contribution in [2.45, 2.75) is 25.8 Å². The first kappa shape index (κ1) is 30.1. The molecule has 0 atom stereocenters. The van der Waals surface area contributed by atoms with Crippen LogP contribution in [-0.4, -0.2) is 18.7 Å². The number of aromatic nitrogens is 1.